The van der Waals surface area contributed by atoms with Crippen LogP contribution in [0.4, 0.5) is 17.3 Å². The topological polar surface area (TPSA) is 82.3 Å². The normalized spacial score (nSPS) is 12.5. The van der Waals surface area contributed by atoms with Gasteiger partial charge < -0.3 is 20.5 Å². The van der Waals surface area contributed by atoms with Crippen molar-refractivity contribution in [1.82, 2.24) is 9.97 Å². The van der Waals surface area contributed by atoms with Crippen LogP contribution in [-0.4, -0.2) is 16.8 Å². The van der Waals surface area contributed by atoms with Gasteiger partial charge in [-0.3, -0.25) is 0 Å². The van der Waals surface area contributed by atoms with E-state index in [0.29, 0.717) is 17.4 Å². The Morgan fingerprint density at radius 2 is 1.94 bits per heavy atom. The van der Waals surface area contributed by atoms with Crippen molar-refractivity contribution in [3.8, 4) is 11.5 Å². The molecule has 2 heterocycles. The second kappa shape index (κ2) is 3.82. The molecule has 1 aromatic carbocycles. The van der Waals surface area contributed by atoms with Crippen LogP contribution in [0.15, 0.2) is 30.6 Å². The van der Waals surface area contributed by atoms with Gasteiger partial charge in [0.05, 0.1) is 0 Å². The van der Waals surface area contributed by atoms with Crippen molar-refractivity contribution in [2.24, 2.45) is 0 Å². The van der Waals surface area contributed by atoms with Crippen molar-refractivity contribution in [2.75, 3.05) is 17.8 Å². The van der Waals surface area contributed by atoms with Gasteiger partial charge in [-0.15, -0.1) is 0 Å². The number of aromatic nitrogens is 2. The summed E-state index contributed by atoms with van der Waals surface area (Å²) in [7, 11) is 0. The maximum Gasteiger partial charge on any atom is 0.231 e. The number of ether oxygens (including phenoxy) is 2. The summed E-state index contributed by atoms with van der Waals surface area (Å²) < 4.78 is 10.5. The lowest BCUT2D eigenvalue weighted by atomic mass is 10.3. The zero-order valence-electron chi connectivity index (χ0n) is 8.88. The van der Waals surface area contributed by atoms with E-state index >= 15 is 0 Å². The Bertz CT molecular complexity index is 559. The third kappa shape index (κ3) is 1.80. The molecule has 6 heteroatoms. The molecular weight excluding hydrogens is 220 g/mol. The Labute approximate surface area is 97.4 Å². The Balaban J connectivity index is 1.89. The van der Waals surface area contributed by atoms with Crippen LogP contribution in [0.25, 0.3) is 0 Å². The van der Waals surface area contributed by atoms with Gasteiger partial charge in [0.15, 0.2) is 23.1 Å². The van der Waals surface area contributed by atoms with E-state index < -0.39 is 0 Å². The smallest absolute Gasteiger partial charge is 0.231 e. The van der Waals surface area contributed by atoms with Crippen LogP contribution in [0.3, 0.4) is 0 Å². The number of benzene rings is 1. The van der Waals surface area contributed by atoms with Gasteiger partial charge in [0, 0.05) is 24.1 Å². The zero-order valence-corrected chi connectivity index (χ0v) is 8.88. The molecule has 1 aliphatic rings. The van der Waals surface area contributed by atoms with Gasteiger partial charge in [-0.25, -0.2) is 9.97 Å². The fraction of sp³-hybridized carbons (Fsp3) is 0.0909. The Morgan fingerprint density at radius 1 is 1.12 bits per heavy atom. The fourth-order valence-electron chi connectivity index (χ4n) is 1.56. The third-order valence-corrected chi connectivity index (χ3v) is 2.36. The number of rotatable bonds is 2. The molecule has 0 atom stereocenters. The van der Waals surface area contributed by atoms with Gasteiger partial charge in [-0.05, 0) is 12.1 Å². The summed E-state index contributed by atoms with van der Waals surface area (Å²) in [4.78, 5) is 8.04. The van der Waals surface area contributed by atoms with Crippen LogP contribution in [0.5, 0.6) is 11.5 Å². The summed E-state index contributed by atoms with van der Waals surface area (Å²) in [6.07, 6.45) is 3.12. The van der Waals surface area contributed by atoms with E-state index in [1.165, 1.54) is 0 Å². The van der Waals surface area contributed by atoms with E-state index in [1.807, 2.05) is 18.2 Å². The standard InChI is InChI=1S/C11H10N4O2/c12-10-11(14-4-3-13-10)15-7-1-2-8-9(5-7)17-6-16-8/h1-5H,6H2,(H2,12,13)(H,14,15). The first kappa shape index (κ1) is 9.71. The van der Waals surface area contributed by atoms with Crippen LogP contribution in [0.2, 0.25) is 0 Å². The first-order valence-corrected chi connectivity index (χ1v) is 5.06. The summed E-state index contributed by atoms with van der Waals surface area (Å²) in [6, 6.07) is 5.52. The number of nitrogens with one attached hydrogen (secondary N) is 1. The molecule has 0 spiro atoms. The maximum atomic E-state index is 5.69. The van der Waals surface area contributed by atoms with E-state index in [4.69, 9.17) is 15.2 Å². The molecule has 1 aromatic heterocycles. The van der Waals surface area contributed by atoms with Gasteiger partial charge in [0.1, 0.15) is 0 Å². The number of hydrogen-bond acceptors (Lipinski definition) is 6. The SMILES string of the molecule is Nc1nccnc1Nc1ccc2c(c1)OCO2. The quantitative estimate of drug-likeness (QED) is 0.814. The summed E-state index contributed by atoms with van der Waals surface area (Å²) in [6.45, 7) is 0.256. The summed E-state index contributed by atoms with van der Waals surface area (Å²) >= 11 is 0. The van der Waals surface area contributed by atoms with Crippen LogP contribution < -0.4 is 20.5 Å². The average molecular weight is 230 g/mol. The molecule has 17 heavy (non-hydrogen) atoms. The monoisotopic (exact) mass is 230 g/mol. The predicted octanol–water partition coefficient (Wildman–Crippen LogP) is 1.53. The van der Waals surface area contributed by atoms with Crippen molar-refractivity contribution >= 4 is 17.3 Å². The summed E-state index contributed by atoms with van der Waals surface area (Å²) in [5.41, 5.74) is 6.51. The van der Waals surface area contributed by atoms with E-state index in [1.54, 1.807) is 12.4 Å². The summed E-state index contributed by atoms with van der Waals surface area (Å²) in [5, 5.41) is 3.07. The first-order valence-electron chi connectivity index (χ1n) is 5.06. The third-order valence-electron chi connectivity index (χ3n) is 2.36. The van der Waals surface area contributed by atoms with Gasteiger partial charge >= 0.3 is 0 Å². The molecule has 0 fully saturated rings. The van der Waals surface area contributed by atoms with Gasteiger partial charge in [-0.2, -0.15) is 0 Å². The highest BCUT2D eigenvalue weighted by atomic mass is 16.7. The minimum Gasteiger partial charge on any atom is -0.454 e. The van der Waals surface area contributed by atoms with Crippen molar-refractivity contribution in [2.45, 2.75) is 0 Å². The highest BCUT2D eigenvalue weighted by Gasteiger charge is 2.13. The van der Waals surface area contributed by atoms with E-state index in [9.17, 15) is 0 Å². The average Bonchev–Trinajstić information content (AvgIpc) is 2.79. The lowest BCUT2D eigenvalue weighted by Gasteiger charge is -2.07. The molecule has 0 amide bonds. The molecule has 2 aromatic rings. The minimum atomic E-state index is 0.256. The van der Waals surface area contributed by atoms with E-state index in [2.05, 4.69) is 15.3 Å². The lowest BCUT2D eigenvalue weighted by molar-refractivity contribution is 0.174. The molecular formula is C11H10N4O2. The van der Waals surface area contributed by atoms with E-state index in [-0.39, 0.29) is 6.79 Å². The zero-order chi connectivity index (χ0) is 11.7. The molecule has 6 nitrogen and oxygen atoms in total. The number of hydrogen-bond donors (Lipinski definition) is 2. The maximum absolute atomic E-state index is 5.69. The second-order valence-corrected chi connectivity index (χ2v) is 3.48. The second-order valence-electron chi connectivity index (χ2n) is 3.48. The molecule has 86 valence electrons. The van der Waals surface area contributed by atoms with Crippen LogP contribution in [-0.2, 0) is 0 Å². The molecule has 0 saturated heterocycles. The summed E-state index contributed by atoms with van der Waals surface area (Å²) in [5.74, 6) is 2.32. The Morgan fingerprint density at radius 3 is 2.82 bits per heavy atom. The van der Waals surface area contributed by atoms with Crippen LogP contribution in [0.1, 0.15) is 0 Å². The number of fused-ring (bicyclic) bond motifs is 1. The van der Waals surface area contributed by atoms with Gasteiger partial charge in [0.25, 0.3) is 0 Å². The van der Waals surface area contributed by atoms with Gasteiger partial charge in [0.2, 0.25) is 6.79 Å². The highest BCUT2D eigenvalue weighted by molar-refractivity contribution is 5.67. The number of nitrogens with two attached hydrogens (primary N) is 1. The number of nitrogen functional groups attached to an aromatic ring is 1. The van der Waals surface area contributed by atoms with Crippen molar-refractivity contribution in [3.05, 3.63) is 30.6 Å². The molecule has 0 saturated carbocycles. The largest absolute Gasteiger partial charge is 0.454 e. The fourth-order valence-corrected chi connectivity index (χ4v) is 1.56. The van der Waals surface area contributed by atoms with Crippen LogP contribution >= 0.6 is 0 Å². The Kier molecular flexibility index (Phi) is 2.18. The minimum absolute atomic E-state index is 0.256. The van der Waals surface area contributed by atoms with Crippen LogP contribution in [0, 0.1) is 0 Å². The molecule has 0 aliphatic carbocycles. The van der Waals surface area contributed by atoms with Crippen molar-refractivity contribution in [3.63, 3.8) is 0 Å². The first-order chi connectivity index (χ1) is 8.33. The molecule has 0 unspecified atom stereocenters. The highest BCUT2D eigenvalue weighted by Crippen LogP contribution is 2.35. The van der Waals surface area contributed by atoms with E-state index in [0.717, 1.165) is 11.4 Å². The number of anilines is 3. The molecule has 3 N–H and O–H groups in total. The lowest BCUT2D eigenvalue weighted by Crippen LogP contribution is -2.00. The molecule has 3 rings (SSSR count). The molecule has 0 bridgehead atoms. The molecule has 0 radical (unpaired) electrons. The molecule has 1 aliphatic heterocycles. The van der Waals surface area contributed by atoms with Crippen molar-refractivity contribution < 1.29 is 9.47 Å². The predicted molar refractivity (Wildman–Crippen MR) is 62.3 cm³/mol. The Hall–Kier alpha value is -2.50. The van der Waals surface area contributed by atoms with Crippen molar-refractivity contribution in [1.29, 1.82) is 0 Å². The van der Waals surface area contributed by atoms with Gasteiger partial charge in [-0.1, -0.05) is 0 Å². The number of nitrogens with zero attached hydrogens (tertiary/aromatic N) is 2.